The summed E-state index contributed by atoms with van der Waals surface area (Å²) in [5.41, 5.74) is 5.19. The lowest BCUT2D eigenvalue weighted by molar-refractivity contribution is -0.136. The number of amides is 4. The van der Waals surface area contributed by atoms with Gasteiger partial charge in [0.25, 0.3) is 11.8 Å². The van der Waals surface area contributed by atoms with Crippen molar-refractivity contribution in [2.24, 2.45) is 0 Å². The average Bonchev–Trinajstić information content (AvgIpc) is 3.42. The number of nitrogens with one attached hydrogen (secondary N) is 3. The molecule has 4 amide bonds. The Balaban J connectivity index is 1.25. The molecule has 1 unspecified atom stereocenters. The van der Waals surface area contributed by atoms with E-state index in [0.717, 1.165) is 27.6 Å². The molecule has 2 aliphatic heterocycles. The fourth-order valence-electron chi connectivity index (χ4n) is 5.22. The van der Waals surface area contributed by atoms with Gasteiger partial charge in [0, 0.05) is 41.5 Å². The summed E-state index contributed by atoms with van der Waals surface area (Å²) in [6.07, 6.45) is 1.11. The number of piperidine rings is 1. The van der Waals surface area contributed by atoms with Crippen LogP contribution < -0.4 is 10.6 Å². The molecule has 3 aromatic carbocycles. The molecule has 4 aromatic rings. The van der Waals surface area contributed by atoms with Gasteiger partial charge in [-0.2, -0.15) is 0 Å². The van der Waals surface area contributed by atoms with Crippen LogP contribution in [0.1, 0.15) is 50.4 Å². The van der Waals surface area contributed by atoms with Crippen LogP contribution in [0.5, 0.6) is 0 Å². The molecule has 8 nitrogen and oxygen atoms in total. The van der Waals surface area contributed by atoms with Gasteiger partial charge in [0.15, 0.2) is 0 Å². The number of aromatic nitrogens is 1. The zero-order valence-electron chi connectivity index (χ0n) is 19.9. The number of rotatable bonds is 5. The van der Waals surface area contributed by atoms with Crippen molar-refractivity contribution in [3.05, 3.63) is 101 Å². The second-order valence-corrected chi connectivity index (χ2v) is 9.41. The van der Waals surface area contributed by atoms with Crippen LogP contribution in [0.2, 0.25) is 0 Å². The number of carbonyl (C=O) groups excluding carboxylic acids is 4. The van der Waals surface area contributed by atoms with Crippen LogP contribution in [-0.2, 0) is 22.6 Å². The van der Waals surface area contributed by atoms with E-state index in [2.05, 4.69) is 15.6 Å². The van der Waals surface area contributed by atoms with E-state index in [1.807, 2.05) is 54.6 Å². The molecular weight excluding hydrogens is 468 g/mol. The summed E-state index contributed by atoms with van der Waals surface area (Å²) in [6, 6.07) is 22.3. The van der Waals surface area contributed by atoms with Crippen molar-refractivity contribution in [3.63, 3.8) is 0 Å². The standard InChI is InChI=1S/C29H24N4O4/c34-25-13-12-24(27(35)32-25)33-16-18-15-19(10-11-20(18)29(33)37)30-28(36)26-22(14-17-6-2-1-3-7-17)21-8-4-5-9-23(21)31-26/h1-11,15,24,31H,12-14,16H2,(H,30,36)(H,32,34,35). The molecule has 3 N–H and O–H groups in total. The number of carbonyl (C=O) groups is 4. The zero-order valence-corrected chi connectivity index (χ0v) is 19.9. The van der Waals surface area contributed by atoms with Crippen molar-refractivity contribution in [2.75, 3.05) is 5.32 Å². The largest absolute Gasteiger partial charge is 0.350 e. The SMILES string of the molecule is O=C1CCC(N2Cc3cc(NC(=O)c4[nH]c5ccccc5c4Cc4ccccc4)ccc3C2=O)C(=O)N1. The Bertz CT molecular complexity index is 1570. The van der Waals surface area contributed by atoms with Crippen LogP contribution in [0.3, 0.4) is 0 Å². The van der Waals surface area contributed by atoms with E-state index < -0.39 is 11.9 Å². The Morgan fingerprint density at radius 2 is 1.76 bits per heavy atom. The summed E-state index contributed by atoms with van der Waals surface area (Å²) in [6.45, 7) is 0.246. The van der Waals surface area contributed by atoms with Crippen LogP contribution >= 0.6 is 0 Å². The maximum absolute atomic E-state index is 13.4. The minimum Gasteiger partial charge on any atom is -0.350 e. The highest BCUT2D eigenvalue weighted by Crippen LogP contribution is 2.30. The van der Waals surface area contributed by atoms with Gasteiger partial charge in [-0.05, 0) is 47.4 Å². The zero-order chi connectivity index (χ0) is 25.5. The number of imide groups is 1. The number of hydrogen-bond acceptors (Lipinski definition) is 4. The fraction of sp³-hybridized carbons (Fsp3) is 0.172. The molecule has 3 heterocycles. The van der Waals surface area contributed by atoms with Crippen molar-refractivity contribution in [3.8, 4) is 0 Å². The molecule has 0 radical (unpaired) electrons. The maximum atomic E-state index is 13.4. The van der Waals surface area contributed by atoms with Gasteiger partial charge >= 0.3 is 0 Å². The minimum atomic E-state index is -0.678. The highest BCUT2D eigenvalue weighted by Gasteiger charge is 2.39. The van der Waals surface area contributed by atoms with E-state index in [1.165, 1.54) is 4.90 Å². The molecular formula is C29H24N4O4. The number of hydrogen-bond donors (Lipinski definition) is 3. The first-order valence-electron chi connectivity index (χ1n) is 12.2. The molecule has 8 heteroatoms. The summed E-state index contributed by atoms with van der Waals surface area (Å²) < 4.78 is 0. The van der Waals surface area contributed by atoms with E-state index in [1.54, 1.807) is 18.2 Å². The van der Waals surface area contributed by atoms with Crippen molar-refractivity contribution in [2.45, 2.75) is 31.8 Å². The Morgan fingerprint density at radius 3 is 2.57 bits per heavy atom. The summed E-state index contributed by atoms with van der Waals surface area (Å²) in [5.74, 6) is -1.29. The summed E-state index contributed by atoms with van der Waals surface area (Å²) >= 11 is 0. The molecule has 0 bridgehead atoms. The third-order valence-electron chi connectivity index (χ3n) is 7.05. The van der Waals surface area contributed by atoms with E-state index >= 15 is 0 Å². The number of anilines is 1. The normalized spacial score (nSPS) is 17.1. The second-order valence-electron chi connectivity index (χ2n) is 9.41. The second kappa shape index (κ2) is 9.05. The van der Waals surface area contributed by atoms with Gasteiger partial charge in [-0.1, -0.05) is 48.5 Å². The number of fused-ring (bicyclic) bond motifs is 2. The predicted octanol–water partition coefficient (Wildman–Crippen LogP) is 3.77. The van der Waals surface area contributed by atoms with Gasteiger partial charge in [-0.25, -0.2) is 0 Å². The van der Waals surface area contributed by atoms with Gasteiger partial charge in [0.2, 0.25) is 11.8 Å². The first-order chi connectivity index (χ1) is 18.0. The molecule has 1 atom stereocenters. The average molecular weight is 493 g/mol. The van der Waals surface area contributed by atoms with E-state index in [9.17, 15) is 19.2 Å². The molecule has 0 spiro atoms. The van der Waals surface area contributed by atoms with Gasteiger partial charge < -0.3 is 15.2 Å². The lowest BCUT2D eigenvalue weighted by atomic mass is 10.0. The maximum Gasteiger partial charge on any atom is 0.272 e. The number of nitrogens with zero attached hydrogens (tertiary/aromatic N) is 1. The lowest BCUT2D eigenvalue weighted by Crippen LogP contribution is -2.52. The lowest BCUT2D eigenvalue weighted by Gasteiger charge is -2.29. The van der Waals surface area contributed by atoms with Crippen LogP contribution in [0.15, 0.2) is 72.8 Å². The molecule has 0 saturated carbocycles. The Hall–Kier alpha value is -4.72. The van der Waals surface area contributed by atoms with Crippen molar-refractivity contribution < 1.29 is 19.2 Å². The smallest absolute Gasteiger partial charge is 0.272 e. The number of para-hydroxylation sites is 1. The van der Waals surface area contributed by atoms with Crippen LogP contribution in [0.4, 0.5) is 5.69 Å². The Labute approximate surface area is 212 Å². The van der Waals surface area contributed by atoms with E-state index in [-0.39, 0.29) is 30.7 Å². The third-order valence-corrected chi connectivity index (χ3v) is 7.05. The van der Waals surface area contributed by atoms with Crippen molar-refractivity contribution in [1.29, 1.82) is 0 Å². The molecule has 6 rings (SSSR count). The number of aromatic amines is 1. The van der Waals surface area contributed by atoms with Crippen LogP contribution in [-0.4, -0.2) is 39.6 Å². The first kappa shape index (κ1) is 22.7. The van der Waals surface area contributed by atoms with Gasteiger partial charge in [-0.3, -0.25) is 24.5 Å². The molecule has 37 heavy (non-hydrogen) atoms. The monoisotopic (exact) mass is 492 g/mol. The summed E-state index contributed by atoms with van der Waals surface area (Å²) in [7, 11) is 0. The van der Waals surface area contributed by atoms with Crippen molar-refractivity contribution in [1.82, 2.24) is 15.2 Å². The Kier molecular flexibility index (Phi) is 5.56. The van der Waals surface area contributed by atoms with Gasteiger partial charge in [0.05, 0.1) is 0 Å². The fourth-order valence-corrected chi connectivity index (χ4v) is 5.22. The van der Waals surface area contributed by atoms with Crippen LogP contribution in [0.25, 0.3) is 10.9 Å². The quantitative estimate of drug-likeness (QED) is 0.368. The summed E-state index contributed by atoms with van der Waals surface area (Å²) in [4.78, 5) is 55.0. The highest BCUT2D eigenvalue weighted by atomic mass is 16.2. The topological polar surface area (TPSA) is 111 Å². The molecule has 184 valence electrons. The minimum absolute atomic E-state index is 0.202. The van der Waals surface area contributed by atoms with E-state index in [4.69, 9.17) is 0 Å². The molecule has 1 saturated heterocycles. The van der Waals surface area contributed by atoms with Crippen molar-refractivity contribution >= 4 is 40.2 Å². The van der Waals surface area contributed by atoms with E-state index in [0.29, 0.717) is 29.8 Å². The molecule has 1 aromatic heterocycles. The number of benzene rings is 3. The first-order valence-corrected chi connectivity index (χ1v) is 12.2. The van der Waals surface area contributed by atoms with Gasteiger partial charge in [-0.15, -0.1) is 0 Å². The highest BCUT2D eigenvalue weighted by molar-refractivity contribution is 6.09. The Morgan fingerprint density at radius 1 is 0.973 bits per heavy atom. The third kappa shape index (κ3) is 4.16. The molecule has 1 fully saturated rings. The summed E-state index contributed by atoms with van der Waals surface area (Å²) in [5, 5.41) is 6.28. The van der Waals surface area contributed by atoms with Crippen LogP contribution in [0, 0.1) is 0 Å². The molecule has 0 aliphatic carbocycles. The predicted molar refractivity (Wildman–Crippen MR) is 138 cm³/mol. The van der Waals surface area contributed by atoms with Gasteiger partial charge in [0.1, 0.15) is 11.7 Å². The molecule has 2 aliphatic rings. The number of H-pyrrole nitrogens is 1.